The summed E-state index contributed by atoms with van der Waals surface area (Å²) in [5.41, 5.74) is 7.84. The van der Waals surface area contributed by atoms with E-state index in [9.17, 15) is 0 Å². The predicted octanol–water partition coefficient (Wildman–Crippen LogP) is 6.79. The van der Waals surface area contributed by atoms with Gasteiger partial charge < -0.3 is 9.72 Å². The Morgan fingerprint density at radius 3 is 2.07 bits per heavy atom. The SMILES string of the molecule is Cc1cccc(C)c1Nc1c(-[c-]2cccc2)nc2cccc(C)n12.[Fe+2].c1cc[cH-]c1. The molecule has 3 nitrogen and oxygen atoms in total. The number of benzene rings is 1. The molecular weight excluding hydrogens is 410 g/mol. The Morgan fingerprint density at radius 2 is 1.47 bits per heavy atom. The van der Waals surface area contributed by atoms with Crippen LogP contribution in [0.4, 0.5) is 11.5 Å². The third kappa shape index (κ3) is 4.40. The Labute approximate surface area is 188 Å². The van der Waals surface area contributed by atoms with Crippen molar-refractivity contribution < 1.29 is 17.1 Å². The van der Waals surface area contributed by atoms with Gasteiger partial charge >= 0.3 is 17.1 Å². The van der Waals surface area contributed by atoms with Gasteiger partial charge in [0.25, 0.3) is 0 Å². The summed E-state index contributed by atoms with van der Waals surface area (Å²) in [4.78, 5) is 4.87. The minimum absolute atomic E-state index is 0. The fraction of sp³-hybridized carbons (Fsp3) is 0.115. The van der Waals surface area contributed by atoms with Crippen LogP contribution in [0, 0.1) is 20.8 Å². The Morgan fingerprint density at radius 1 is 0.833 bits per heavy atom. The van der Waals surface area contributed by atoms with Gasteiger partial charge in [-0.2, -0.15) is 30.3 Å². The molecule has 0 spiro atoms. The van der Waals surface area contributed by atoms with Crippen LogP contribution in [-0.2, 0) is 17.1 Å². The van der Waals surface area contributed by atoms with E-state index < -0.39 is 0 Å². The van der Waals surface area contributed by atoms with E-state index in [0.717, 1.165) is 34.1 Å². The summed E-state index contributed by atoms with van der Waals surface area (Å²) < 4.78 is 2.19. The molecule has 5 aromatic rings. The van der Waals surface area contributed by atoms with Gasteiger partial charge in [-0.3, -0.25) is 0 Å². The quantitative estimate of drug-likeness (QED) is 0.250. The van der Waals surface area contributed by atoms with Crippen LogP contribution in [-0.4, -0.2) is 9.38 Å². The van der Waals surface area contributed by atoms with E-state index in [0.29, 0.717) is 0 Å². The molecule has 5 rings (SSSR count). The minimum Gasteiger partial charge on any atom is -0.378 e. The first-order valence-electron chi connectivity index (χ1n) is 9.85. The minimum atomic E-state index is 0. The zero-order valence-electron chi connectivity index (χ0n) is 17.4. The summed E-state index contributed by atoms with van der Waals surface area (Å²) in [6.45, 7) is 6.38. The van der Waals surface area contributed by atoms with Crippen molar-refractivity contribution in [2.24, 2.45) is 0 Å². The molecule has 2 heterocycles. The zero-order chi connectivity index (χ0) is 20.2. The van der Waals surface area contributed by atoms with Crippen LogP contribution in [0.5, 0.6) is 0 Å². The van der Waals surface area contributed by atoms with Crippen LogP contribution in [0.25, 0.3) is 16.9 Å². The summed E-state index contributed by atoms with van der Waals surface area (Å²) in [6, 6.07) is 30.9. The molecule has 0 bridgehead atoms. The number of rotatable bonds is 3. The van der Waals surface area contributed by atoms with Gasteiger partial charge in [0.05, 0.1) is 5.82 Å². The molecule has 0 aliphatic heterocycles. The Bertz CT molecular complexity index is 1160. The fourth-order valence-electron chi connectivity index (χ4n) is 3.55. The maximum absolute atomic E-state index is 4.87. The standard InChI is InChI=1S/C21H20N3.C5H5.Fe/c1-14-8-6-9-15(2)19(14)23-21-20(17-11-4-5-12-17)22-18-13-7-10-16(3)24(18)21;1-2-4-5-3-1;/h4-13,23H,1-3H3;1-5H;/q2*-1;+2. The molecule has 152 valence electrons. The van der Waals surface area contributed by atoms with Crippen molar-refractivity contribution in [2.75, 3.05) is 5.32 Å². The number of pyridine rings is 1. The maximum atomic E-state index is 4.87. The molecule has 3 aromatic carbocycles. The molecule has 30 heavy (non-hydrogen) atoms. The molecule has 2 aromatic heterocycles. The van der Waals surface area contributed by atoms with E-state index in [4.69, 9.17) is 4.98 Å². The normalized spacial score (nSPS) is 10.2. The molecule has 4 heteroatoms. The van der Waals surface area contributed by atoms with Crippen molar-refractivity contribution in [3.05, 3.63) is 108 Å². The first kappa shape index (κ1) is 21.6. The Hall–Kier alpha value is -3.07. The number of para-hydroxylation sites is 1. The van der Waals surface area contributed by atoms with E-state index in [1.165, 1.54) is 11.1 Å². The monoisotopic (exact) mass is 435 g/mol. The maximum Gasteiger partial charge on any atom is 2.00 e. The summed E-state index contributed by atoms with van der Waals surface area (Å²) in [5.74, 6) is 1.02. The van der Waals surface area contributed by atoms with Crippen LogP contribution < -0.4 is 5.32 Å². The second-order valence-corrected chi connectivity index (χ2v) is 7.20. The van der Waals surface area contributed by atoms with Crippen molar-refractivity contribution >= 4 is 17.2 Å². The third-order valence-corrected chi connectivity index (χ3v) is 5.05. The van der Waals surface area contributed by atoms with Crippen molar-refractivity contribution in [1.29, 1.82) is 0 Å². The second kappa shape index (κ2) is 9.62. The zero-order valence-corrected chi connectivity index (χ0v) is 18.5. The smallest absolute Gasteiger partial charge is 0.378 e. The van der Waals surface area contributed by atoms with E-state index in [1.807, 2.05) is 30.3 Å². The van der Waals surface area contributed by atoms with E-state index in [2.05, 4.69) is 91.2 Å². The van der Waals surface area contributed by atoms with Gasteiger partial charge in [0.2, 0.25) is 0 Å². The Balaban J connectivity index is 0.000000376. The molecule has 0 radical (unpaired) electrons. The number of nitrogens with one attached hydrogen (secondary N) is 1. The van der Waals surface area contributed by atoms with Crippen molar-refractivity contribution in [1.82, 2.24) is 9.38 Å². The average molecular weight is 435 g/mol. The molecule has 0 fully saturated rings. The Kier molecular flexibility index (Phi) is 6.94. The van der Waals surface area contributed by atoms with Gasteiger partial charge in [0.15, 0.2) is 0 Å². The number of nitrogens with zero attached hydrogens (tertiary/aromatic N) is 2. The van der Waals surface area contributed by atoms with Crippen LogP contribution >= 0.6 is 0 Å². The van der Waals surface area contributed by atoms with Gasteiger partial charge in [-0.15, -0.1) is 12.1 Å². The summed E-state index contributed by atoms with van der Waals surface area (Å²) in [5, 5.41) is 3.66. The predicted molar refractivity (Wildman–Crippen MR) is 122 cm³/mol. The first-order chi connectivity index (χ1) is 14.1. The molecule has 0 saturated heterocycles. The number of fused-ring (bicyclic) bond motifs is 1. The van der Waals surface area contributed by atoms with Crippen LogP contribution in [0.15, 0.2) is 91.0 Å². The summed E-state index contributed by atoms with van der Waals surface area (Å²) in [7, 11) is 0. The van der Waals surface area contributed by atoms with Gasteiger partial charge in [-0.05, 0) is 44.0 Å². The number of hydrogen-bond donors (Lipinski definition) is 1. The molecule has 0 unspecified atom stereocenters. The molecule has 0 saturated carbocycles. The average Bonchev–Trinajstić information content (AvgIpc) is 3.48. The molecular formula is C26H25FeN3. The number of aryl methyl sites for hydroxylation is 3. The second-order valence-electron chi connectivity index (χ2n) is 7.20. The fourth-order valence-corrected chi connectivity index (χ4v) is 3.55. The first-order valence-corrected chi connectivity index (χ1v) is 9.85. The third-order valence-electron chi connectivity index (χ3n) is 5.05. The number of aromatic nitrogens is 2. The van der Waals surface area contributed by atoms with E-state index in [-0.39, 0.29) is 17.1 Å². The van der Waals surface area contributed by atoms with Gasteiger partial charge in [-0.25, -0.2) is 17.1 Å². The van der Waals surface area contributed by atoms with Crippen LogP contribution in [0.3, 0.4) is 0 Å². The molecule has 1 N–H and O–H groups in total. The van der Waals surface area contributed by atoms with E-state index in [1.54, 1.807) is 0 Å². The number of anilines is 2. The van der Waals surface area contributed by atoms with Crippen LogP contribution in [0.1, 0.15) is 16.8 Å². The van der Waals surface area contributed by atoms with Crippen molar-refractivity contribution in [3.63, 3.8) is 0 Å². The molecule has 0 aliphatic carbocycles. The summed E-state index contributed by atoms with van der Waals surface area (Å²) in [6.07, 6.45) is 0. The molecule has 0 atom stereocenters. The van der Waals surface area contributed by atoms with Crippen LogP contribution in [0.2, 0.25) is 0 Å². The van der Waals surface area contributed by atoms with Crippen molar-refractivity contribution in [3.8, 4) is 11.3 Å². The van der Waals surface area contributed by atoms with Gasteiger partial charge in [0, 0.05) is 17.1 Å². The molecule has 0 amide bonds. The van der Waals surface area contributed by atoms with E-state index >= 15 is 0 Å². The number of imidazole rings is 1. The van der Waals surface area contributed by atoms with Gasteiger partial charge in [-0.1, -0.05) is 29.8 Å². The van der Waals surface area contributed by atoms with Crippen molar-refractivity contribution in [2.45, 2.75) is 20.8 Å². The molecule has 0 aliphatic rings. The topological polar surface area (TPSA) is 29.3 Å². The summed E-state index contributed by atoms with van der Waals surface area (Å²) >= 11 is 0. The number of hydrogen-bond acceptors (Lipinski definition) is 2. The van der Waals surface area contributed by atoms with Gasteiger partial charge in [0.1, 0.15) is 5.65 Å². The largest absolute Gasteiger partial charge is 2.00 e.